The number of nitrogens with one attached hydrogen (secondary N) is 2. The fourth-order valence-corrected chi connectivity index (χ4v) is 5.56. The van der Waals surface area contributed by atoms with Gasteiger partial charge in [0.2, 0.25) is 5.16 Å². The molecule has 4 aromatic rings. The molecular weight excluding hydrogens is 585 g/mol. The molecule has 214 valence electrons. The molecule has 1 saturated heterocycles. The number of thioether (sulfide) groups is 1. The van der Waals surface area contributed by atoms with Crippen molar-refractivity contribution >= 4 is 63.0 Å². The van der Waals surface area contributed by atoms with Crippen molar-refractivity contribution in [1.82, 2.24) is 30.1 Å². The second-order valence-corrected chi connectivity index (χ2v) is 11.4. The Bertz CT molecular complexity index is 1660. The van der Waals surface area contributed by atoms with E-state index in [0.717, 1.165) is 31.7 Å². The molecular formula is C27H29ClFN9OS2. The molecule has 0 unspecified atom stereocenters. The molecule has 0 spiro atoms. The summed E-state index contributed by atoms with van der Waals surface area (Å²) in [6.45, 7) is 5.73. The number of thiocarbonyl (C=S) groups is 1. The van der Waals surface area contributed by atoms with E-state index in [1.165, 1.54) is 17.8 Å². The number of rotatable bonds is 8. The van der Waals surface area contributed by atoms with Crippen molar-refractivity contribution in [2.24, 2.45) is 10.8 Å². The summed E-state index contributed by atoms with van der Waals surface area (Å²) in [5.74, 6) is 0.273. The van der Waals surface area contributed by atoms with Crippen LogP contribution < -0.4 is 21.5 Å². The third kappa shape index (κ3) is 6.53. The number of aromatic nitrogens is 4. The van der Waals surface area contributed by atoms with Crippen molar-refractivity contribution < 1.29 is 4.39 Å². The zero-order valence-electron chi connectivity index (χ0n) is 22.5. The quantitative estimate of drug-likeness (QED) is 0.118. The maximum atomic E-state index is 15.3. The van der Waals surface area contributed by atoms with Crippen LogP contribution in [-0.2, 0) is 6.54 Å². The van der Waals surface area contributed by atoms with Gasteiger partial charge in [-0.2, -0.15) is 5.10 Å². The Balaban J connectivity index is 1.42. The van der Waals surface area contributed by atoms with Gasteiger partial charge in [-0.15, -0.1) is 5.10 Å². The zero-order chi connectivity index (χ0) is 29.1. The molecule has 0 bridgehead atoms. The number of hydrogen-bond donors (Lipinski definition) is 3. The second kappa shape index (κ2) is 12.6. The van der Waals surface area contributed by atoms with Gasteiger partial charge in [-0.1, -0.05) is 35.5 Å². The van der Waals surface area contributed by atoms with Gasteiger partial charge in [0.05, 0.1) is 22.5 Å². The van der Waals surface area contributed by atoms with Crippen LogP contribution in [0.15, 0.2) is 57.6 Å². The normalized spacial score (nSPS) is 14.5. The molecule has 0 amide bonds. The number of aryl methyl sites for hydroxylation is 1. The van der Waals surface area contributed by atoms with E-state index in [-0.39, 0.29) is 10.5 Å². The van der Waals surface area contributed by atoms with Crippen molar-refractivity contribution in [2.45, 2.75) is 18.6 Å². The summed E-state index contributed by atoms with van der Waals surface area (Å²) in [5, 5.41) is 12.8. The molecule has 10 nitrogen and oxygen atoms in total. The molecule has 0 atom stereocenters. The van der Waals surface area contributed by atoms with Crippen LogP contribution in [0.2, 0.25) is 5.02 Å². The van der Waals surface area contributed by atoms with E-state index in [4.69, 9.17) is 29.6 Å². The lowest BCUT2D eigenvalue weighted by atomic mass is 10.1. The molecule has 14 heteroatoms. The molecule has 5 rings (SSSR count). The van der Waals surface area contributed by atoms with E-state index in [1.54, 1.807) is 24.4 Å². The third-order valence-electron chi connectivity index (χ3n) is 6.87. The number of benzene rings is 2. The summed E-state index contributed by atoms with van der Waals surface area (Å²) < 4.78 is 17.3. The topological polar surface area (TPSA) is 120 Å². The third-order valence-corrected chi connectivity index (χ3v) is 8.07. The summed E-state index contributed by atoms with van der Waals surface area (Å²) in [4.78, 5) is 22.4. The van der Waals surface area contributed by atoms with Gasteiger partial charge >= 0.3 is 0 Å². The molecule has 2 aromatic carbocycles. The number of hydrogen-bond acceptors (Lipinski definition) is 8. The Labute approximate surface area is 250 Å². The van der Waals surface area contributed by atoms with Crippen LogP contribution in [0.1, 0.15) is 12.5 Å². The van der Waals surface area contributed by atoms with Gasteiger partial charge < -0.3 is 20.1 Å². The Morgan fingerprint density at radius 2 is 1.98 bits per heavy atom. The van der Waals surface area contributed by atoms with Crippen molar-refractivity contribution in [1.29, 1.82) is 0 Å². The fraction of sp³-hybridized carbons (Fsp3) is 0.296. The highest BCUT2D eigenvalue weighted by molar-refractivity contribution is 7.99. The molecule has 1 aliphatic rings. The van der Waals surface area contributed by atoms with Gasteiger partial charge in [0.15, 0.2) is 16.4 Å². The maximum Gasteiger partial charge on any atom is 0.209 e. The molecule has 41 heavy (non-hydrogen) atoms. The van der Waals surface area contributed by atoms with Crippen molar-refractivity contribution in [3.63, 3.8) is 0 Å². The van der Waals surface area contributed by atoms with Crippen LogP contribution in [0.25, 0.3) is 22.3 Å². The molecule has 2 aromatic heterocycles. The Hall–Kier alpha value is -3.52. The largest absolute Gasteiger partial charge is 0.375 e. The van der Waals surface area contributed by atoms with Crippen LogP contribution in [0.3, 0.4) is 0 Å². The Morgan fingerprint density at radius 1 is 1.24 bits per heavy atom. The van der Waals surface area contributed by atoms with Crippen molar-refractivity contribution in [2.75, 3.05) is 43.9 Å². The first-order chi connectivity index (χ1) is 19.7. The van der Waals surface area contributed by atoms with Crippen LogP contribution in [0.5, 0.6) is 0 Å². The van der Waals surface area contributed by atoms with E-state index >= 15 is 4.39 Å². The first kappa shape index (κ1) is 29.0. The standard InChI is InChI=1S/C27H29ClFN9OS2/c1-3-37-14-19(24(39)18-12-20(29)23(13-22(18)37)38-10-8-36(2)9-11-38)25-31-27(35-33-25)41-15-21(32-34-26(30)40)16-4-6-17(28)7-5-16/h4-7,12-14H,3,8-11,15H2,1-2H3,(H3,30,34,40)(H,31,33,35)/b32-21-. The maximum absolute atomic E-state index is 15.3. The number of halogens is 2. The van der Waals surface area contributed by atoms with Crippen molar-refractivity contribution in [3.05, 3.63) is 69.2 Å². The second-order valence-electron chi connectivity index (χ2n) is 9.57. The Morgan fingerprint density at radius 3 is 2.66 bits per heavy atom. The molecule has 3 heterocycles. The van der Waals surface area contributed by atoms with Gasteiger partial charge in [-0.25, -0.2) is 9.37 Å². The summed E-state index contributed by atoms with van der Waals surface area (Å²) in [6.07, 6.45) is 1.75. The minimum Gasteiger partial charge on any atom is -0.375 e. The molecule has 1 fully saturated rings. The number of fused-ring (bicyclic) bond motifs is 1. The van der Waals surface area contributed by atoms with Crippen molar-refractivity contribution in [3.8, 4) is 11.4 Å². The molecule has 0 aliphatic carbocycles. The summed E-state index contributed by atoms with van der Waals surface area (Å²) in [7, 11) is 2.05. The van der Waals surface area contributed by atoms with E-state index in [0.29, 0.717) is 56.2 Å². The first-order valence-electron chi connectivity index (χ1n) is 13.0. The van der Waals surface area contributed by atoms with Gasteiger partial charge in [0, 0.05) is 55.1 Å². The highest BCUT2D eigenvalue weighted by Crippen LogP contribution is 2.28. The molecule has 1 aliphatic heterocycles. The number of nitrogens with two attached hydrogens (primary N) is 1. The van der Waals surface area contributed by atoms with Gasteiger partial charge in [-0.3, -0.25) is 15.3 Å². The molecule has 0 saturated carbocycles. The lowest BCUT2D eigenvalue weighted by molar-refractivity contribution is 0.312. The van der Waals surface area contributed by atoms with Gasteiger partial charge in [0.1, 0.15) is 5.82 Å². The number of pyridine rings is 1. The van der Waals surface area contributed by atoms with E-state index in [2.05, 4.69) is 37.7 Å². The average molecular weight is 614 g/mol. The predicted molar refractivity (Wildman–Crippen MR) is 168 cm³/mol. The number of aromatic amines is 1. The highest BCUT2D eigenvalue weighted by Gasteiger charge is 2.21. The van der Waals surface area contributed by atoms with E-state index in [9.17, 15) is 4.79 Å². The van der Waals surface area contributed by atoms with E-state index < -0.39 is 5.82 Å². The van der Waals surface area contributed by atoms with Gasteiger partial charge in [0.25, 0.3) is 0 Å². The van der Waals surface area contributed by atoms with Crippen LogP contribution in [0.4, 0.5) is 10.1 Å². The van der Waals surface area contributed by atoms with Gasteiger partial charge in [-0.05, 0) is 56.0 Å². The summed E-state index contributed by atoms with van der Waals surface area (Å²) in [6, 6.07) is 10.3. The molecule has 0 radical (unpaired) electrons. The lowest BCUT2D eigenvalue weighted by Gasteiger charge is -2.34. The number of hydrazone groups is 1. The summed E-state index contributed by atoms with van der Waals surface area (Å²) >= 11 is 12.2. The smallest absolute Gasteiger partial charge is 0.209 e. The highest BCUT2D eigenvalue weighted by atomic mass is 35.5. The summed E-state index contributed by atoms with van der Waals surface area (Å²) in [5.41, 5.74) is 10.8. The Kier molecular flexibility index (Phi) is 8.88. The minimum absolute atomic E-state index is 0.0391. The van der Waals surface area contributed by atoms with Crippen LogP contribution in [-0.4, -0.2) is 74.5 Å². The van der Waals surface area contributed by atoms with Crippen LogP contribution in [0, 0.1) is 5.82 Å². The monoisotopic (exact) mass is 613 g/mol. The van der Waals surface area contributed by atoms with Crippen LogP contribution >= 0.6 is 35.6 Å². The SMILES string of the molecule is CCn1cc(-c2nc(SC/C(=N/NC(N)=S)c3ccc(Cl)cc3)n[nH]2)c(=O)c2cc(F)c(N3CCN(C)CC3)cc21. The number of nitrogens with zero attached hydrogens (tertiary/aromatic N) is 6. The molecule has 4 N–H and O–H groups in total. The number of likely N-dealkylation sites (N-methyl/N-ethyl adjacent to an activating group) is 1. The lowest BCUT2D eigenvalue weighted by Crippen LogP contribution is -2.44. The first-order valence-corrected chi connectivity index (χ1v) is 14.7. The average Bonchev–Trinajstić information content (AvgIpc) is 3.43. The number of H-pyrrole nitrogens is 1. The predicted octanol–water partition coefficient (Wildman–Crippen LogP) is 3.68. The minimum atomic E-state index is -0.410. The number of anilines is 1. The number of piperazine rings is 1. The fourth-order valence-electron chi connectivity index (χ4n) is 4.63. The zero-order valence-corrected chi connectivity index (χ0v) is 24.9. The van der Waals surface area contributed by atoms with E-state index in [1.807, 2.05) is 28.5 Å².